The topological polar surface area (TPSA) is 101 Å². The molecule has 0 aromatic heterocycles. The molecule has 0 saturated carbocycles. The predicted molar refractivity (Wildman–Crippen MR) is 143 cm³/mol. The number of carbonyl (C=O) groups excluding carboxylic acids is 2. The van der Waals surface area contributed by atoms with Gasteiger partial charge in [-0.2, -0.15) is 0 Å². The number of alkyl carbamates (subject to hydrolysis) is 1. The average molecular weight is 555 g/mol. The molecule has 220 valence electrons. The minimum atomic E-state index is -0.693. The molecule has 0 radical (unpaired) electrons. The molecule has 1 aromatic rings. The first kappa shape index (κ1) is 31.0. The maximum Gasteiger partial charge on any atom is 0.406 e. The zero-order valence-electron chi connectivity index (χ0n) is 23.6. The predicted octanol–water partition coefficient (Wildman–Crippen LogP) is 3.98. The number of hydrogen-bond acceptors (Lipinski definition) is 6. The smallest absolute Gasteiger partial charge is 0.406 e. The van der Waals surface area contributed by atoms with Crippen molar-refractivity contribution in [2.24, 2.45) is 11.8 Å². The normalized spacial score (nSPS) is 22.6. The molecule has 39 heavy (non-hydrogen) atoms. The molecule has 9 nitrogen and oxygen atoms in total. The molecule has 2 saturated heterocycles. The van der Waals surface area contributed by atoms with Crippen LogP contribution in [0.15, 0.2) is 18.2 Å². The number of piperidine rings is 1. The van der Waals surface area contributed by atoms with Gasteiger partial charge in [-0.15, -0.1) is 0 Å². The van der Waals surface area contributed by atoms with E-state index in [2.05, 4.69) is 34.5 Å². The molecule has 0 aliphatic carbocycles. The van der Waals surface area contributed by atoms with Crippen molar-refractivity contribution in [3.05, 3.63) is 35.4 Å². The first-order chi connectivity index (χ1) is 18.6. The zero-order chi connectivity index (χ0) is 28.4. The largest absolute Gasteiger partial charge is 0.453 e. The molecule has 0 spiro atoms. The van der Waals surface area contributed by atoms with Crippen LogP contribution in [0.1, 0.15) is 57.6 Å². The van der Waals surface area contributed by atoms with Gasteiger partial charge in [0.1, 0.15) is 11.6 Å². The van der Waals surface area contributed by atoms with Crippen molar-refractivity contribution in [1.82, 2.24) is 20.9 Å². The van der Waals surface area contributed by atoms with Crippen LogP contribution >= 0.6 is 0 Å². The summed E-state index contributed by atoms with van der Waals surface area (Å²) in [5.41, 5.74) is 0.269. The van der Waals surface area contributed by atoms with Crippen LogP contribution in [0.2, 0.25) is 0 Å². The molecule has 4 atom stereocenters. The molecule has 3 amide bonds. The van der Waals surface area contributed by atoms with Crippen molar-refractivity contribution in [3.63, 3.8) is 0 Å². The first-order valence-corrected chi connectivity index (χ1v) is 13.8. The van der Waals surface area contributed by atoms with Crippen LogP contribution in [-0.4, -0.2) is 82.2 Å². The van der Waals surface area contributed by atoms with Crippen molar-refractivity contribution in [1.29, 1.82) is 0 Å². The Morgan fingerprint density at radius 3 is 2.59 bits per heavy atom. The summed E-state index contributed by atoms with van der Waals surface area (Å²) >= 11 is 0. The van der Waals surface area contributed by atoms with E-state index in [9.17, 15) is 18.4 Å². The molecule has 3 rings (SSSR count). The Bertz CT molecular complexity index is 920. The van der Waals surface area contributed by atoms with Crippen molar-refractivity contribution < 1.29 is 32.6 Å². The lowest BCUT2D eigenvalue weighted by molar-refractivity contribution is -0.0792. The Morgan fingerprint density at radius 1 is 1.21 bits per heavy atom. The summed E-state index contributed by atoms with van der Waals surface area (Å²) in [7, 11) is 3.13. The summed E-state index contributed by atoms with van der Waals surface area (Å²) in [6, 6.07) is 3.13. The number of likely N-dealkylation sites (tertiary alicyclic amines) is 1. The van der Waals surface area contributed by atoms with Crippen molar-refractivity contribution in [2.75, 3.05) is 53.6 Å². The molecular formula is C28H44F2N4O5. The summed E-state index contributed by atoms with van der Waals surface area (Å²) in [4.78, 5) is 26.5. The van der Waals surface area contributed by atoms with Crippen LogP contribution in [0.25, 0.3) is 0 Å². The van der Waals surface area contributed by atoms with Crippen LogP contribution < -0.4 is 16.0 Å². The molecular weight excluding hydrogens is 510 g/mol. The minimum absolute atomic E-state index is 0.0496. The first-order valence-electron chi connectivity index (χ1n) is 13.8. The van der Waals surface area contributed by atoms with E-state index < -0.39 is 23.8 Å². The quantitative estimate of drug-likeness (QED) is 0.358. The van der Waals surface area contributed by atoms with Crippen LogP contribution in [0.3, 0.4) is 0 Å². The highest BCUT2D eigenvalue weighted by atomic mass is 19.1. The number of rotatable bonds is 11. The Kier molecular flexibility index (Phi) is 11.7. The number of likely N-dealkylation sites (N-methyl/N-ethyl adjacent to an activating group) is 1. The summed E-state index contributed by atoms with van der Waals surface area (Å²) < 4.78 is 44.8. The highest BCUT2D eigenvalue weighted by Crippen LogP contribution is 2.34. The standard InChI is InChI=1S/C28H44F2N4O5/c1-28(2)8-7-19(18-39-28)12-24(16-31-3)33-26(35)34-10-5-6-20(17-34)25(38-11-9-32-27(36)37-4)21-13-22(29)15-23(30)14-21/h13-15,19-20,24-25,31H,5-12,16-18H2,1-4H3,(H,32,36)(H,33,35)/t19-,20-,24+,25?/m1/s1. The Morgan fingerprint density at radius 2 is 1.95 bits per heavy atom. The molecule has 2 aliphatic rings. The Hall–Kier alpha value is -2.50. The SMILES string of the molecule is CNC[C@H](C[C@H]1CCC(C)(C)OC1)NC(=O)N1CCC[C@@H](C(OCCNC(=O)OC)c2cc(F)cc(F)c2)C1. The summed E-state index contributed by atoms with van der Waals surface area (Å²) in [5.74, 6) is -1.19. The van der Waals surface area contributed by atoms with Gasteiger partial charge in [0.05, 0.1) is 32.0 Å². The van der Waals surface area contributed by atoms with E-state index in [1.54, 1.807) is 4.90 Å². The number of amides is 3. The second kappa shape index (κ2) is 14.8. The summed E-state index contributed by atoms with van der Waals surface area (Å²) in [6.07, 6.45) is 3.09. The second-order valence-corrected chi connectivity index (χ2v) is 11.2. The number of nitrogens with one attached hydrogen (secondary N) is 3. The van der Waals surface area contributed by atoms with Gasteiger partial charge in [0.15, 0.2) is 0 Å². The third-order valence-corrected chi connectivity index (χ3v) is 7.50. The van der Waals surface area contributed by atoms with Gasteiger partial charge < -0.3 is 35.1 Å². The molecule has 2 heterocycles. The Balaban J connectivity index is 1.64. The van der Waals surface area contributed by atoms with Gasteiger partial charge in [-0.3, -0.25) is 0 Å². The fraction of sp³-hybridized carbons (Fsp3) is 0.714. The minimum Gasteiger partial charge on any atom is -0.453 e. The fourth-order valence-corrected chi connectivity index (χ4v) is 5.44. The van der Waals surface area contributed by atoms with Crippen LogP contribution in [0.5, 0.6) is 0 Å². The second-order valence-electron chi connectivity index (χ2n) is 11.2. The van der Waals surface area contributed by atoms with E-state index >= 15 is 0 Å². The van der Waals surface area contributed by atoms with Crippen LogP contribution in [0.4, 0.5) is 18.4 Å². The van der Waals surface area contributed by atoms with E-state index in [4.69, 9.17) is 9.47 Å². The monoisotopic (exact) mass is 554 g/mol. The van der Waals surface area contributed by atoms with Gasteiger partial charge in [-0.05, 0) is 76.6 Å². The molecule has 2 fully saturated rings. The van der Waals surface area contributed by atoms with Crippen molar-refractivity contribution in [2.45, 2.75) is 63.7 Å². The highest BCUT2D eigenvalue weighted by Gasteiger charge is 2.33. The van der Waals surface area contributed by atoms with Gasteiger partial charge in [-0.25, -0.2) is 18.4 Å². The third kappa shape index (κ3) is 9.88. The average Bonchev–Trinajstić information content (AvgIpc) is 2.89. The molecule has 11 heteroatoms. The van der Waals surface area contributed by atoms with Crippen LogP contribution in [-0.2, 0) is 14.2 Å². The molecule has 1 unspecified atom stereocenters. The number of carbonyl (C=O) groups is 2. The molecule has 0 bridgehead atoms. The van der Waals surface area contributed by atoms with Crippen LogP contribution in [0, 0.1) is 23.5 Å². The number of benzene rings is 1. The number of halogens is 2. The molecule has 1 aromatic carbocycles. The summed E-state index contributed by atoms with van der Waals surface area (Å²) in [5, 5.41) is 8.91. The molecule has 2 aliphatic heterocycles. The number of methoxy groups -OCH3 is 1. The fourth-order valence-electron chi connectivity index (χ4n) is 5.44. The van der Waals surface area contributed by atoms with Crippen molar-refractivity contribution >= 4 is 12.1 Å². The molecule has 3 N–H and O–H groups in total. The van der Waals surface area contributed by atoms with Gasteiger partial charge in [0.25, 0.3) is 0 Å². The lowest BCUT2D eigenvalue weighted by Gasteiger charge is -2.39. The zero-order valence-corrected chi connectivity index (χ0v) is 23.6. The van der Waals surface area contributed by atoms with E-state index in [1.807, 2.05) is 7.05 Å². The third-order valence-electron chi connectivity index (χ3n) is 7.50. The maximum atomic E-state index is 14.1. The lowest BCUT2D eigenvalue weighted by atomic mass is 9.87. The van der Waals surface area contributed by atoms with Gasteiger partial charge in [-0.1, -0.05) is 0 Å². The number of ether oxygens (including phenoxy) is 3. The van der Waals surface area contributed by atoms with Gasteiger partial charge in [0, 0.05) is 44.2 Å². The lowest BCUT2D eigenvalue weighted by Crippen LogP contribution is -2.52. The van der Waals surface area contributed by atoms with E-state index in [0.29, 0.717) is 37.7 Å². The van der Waals surface area contributed by atoms with E-state index in [1.165, 1.54) is 19.2 Å². The maximum absolute atomic E-state index is 14.1. The Labute approximate surface area is 230 Å². The van der Waals surface area contributed by atoms with Gasteiger partial charge >= 0.3 is 12.1 Å². The van der Waals surface area contributed by atoms with E-state index in [-0.39, 0.29) is 36.7 Å². The van der Waals surface area contributed by atoms with Gasteiger partial charge in [0.2, 0.25) is 0 Å². The highest BCUT2D eigenvalue weighted by molar-refractivity contribution is 5.74. The van der Waals surface area contributed by atoms with Crippen molar-refractivity contribution in [3.8, 4) is 0 Å². The number of hydrogen-bond donors (Lipinski definition) is 3. The number of urea groups is 1. The summed E-state index contributed by atoms with van der Waals surface area (Å²) in [6.45, 7) is 6.79. The van der Waals surface area contributed by atoms with E-state index in [0.717, 1.165) is 38.2 Å². The number of nitrogens with zero attached hydrogens (tertiary/aromatic N) is 1.